The zero-order valence-corrected chi connectivity index (χ0v) is 7.92. The number of benzene rings is 1. The molecule has 0 spiro atoms. The lowest BCUT2D eigenvalue weighted by atomic mass is 10.1. The lowest BCUT2D eigenvalue weighted by Crippen LogP contribution is -2.23. The van der Waals surface area contributed by atoms with Crippen LogP contribution < -0.4 is 4.73 Å². The first-order valence-corrected chi connectivity index (χ1v) is 4.71. The second kappa shape index (κ2) is 2.92. The molecule has 0 aliphatic heterocycles. The predicted octanol–water partition coefficient (Wildman–Crippen LogP) is 2.02. The molecule has 3 heteroatoms. The van der Waals surface area contributed by atoms with Crippen molar-refractivity contribution in [2.24, 2.45) is 0 Å². The molecule has 0 saturated heterocycles. The van der Waals surface area contributed by atoms with E-state index in [2.05, 4.69) is 4.98 Å². The first kappa shape index (κ1) is 8.17. The Labute approximate surface area is 86.2 Å². The highest BCUT2D eigenvalue weighted by Crippen LogP contribution is 2.21. The fourth-order valence-corrected chi connectivity index (χ4v) is 1.79. The maximum atomic E-state index is 11.2. The van der Waals surface area contributed by atoms with Crippen molar-refractivity contribution >= 4 is 21.7 Å². The predicted molar refractivity (Wildman–Crippen MR) is 58.2 cm³/mol. The van der Waals surface area contributed by atoms with E-state index in [1.807, 2.05) is 24.3 Å². The van der Waals surface area contributed by atoms with Crippen LogP contribution in [0.1, 0.15) is 0 Å². The number of rotatable bonds is 0. The summed E-state index contributed by atoms with van der Waals surface area (Å²) in [6, 6.07) is 9.70. The molecule has 3 nitrogen and oxygen atoms in total. The van der Waals surface area contributed by atoms with Crippen molar-refractivity contribution in [2.45, 2.75) is 0 Å². The van der Waals surface area contributed by atoms with Crippen LogP contribution in [0.15, 0.2) is 48.9 Å². The molecule has 2 heterocycles. The minimum absolute atomic E-state index is 0.802. The van der Waals surface area contributed by atoms with Gasteiger partial charge in [0.1, 0.15) is 0 Å². The highest BCUT2D eigenvalue weighted by Gasteiger charge is 2.03. The first-order valence-electron chi connectivity index (χ1n) is 4.71. The van der Waals surface area contributed by atoms with Gasteiger partial charge in [0.25, 0.3) is 0 Å². The molecular weight excluding hydrogens is 188 g/mol. The molecule has 0 aliphatic carbocycles. The molecule has 3 rings (SSSR count). The van der Waals surface area contributed by atoms with E-state index in [1.54, 1.807) is 18.5 Å². The standard InChI is InChI=1S/C12H8N2O/c15-14-7-5-9-3-4-10-2-1-6-13-12(10)11(9)8-14/h1-8H. The highest BCUT2D eigenvalue weighted by molar-refractivity contribution is 6.04. The van der Waals surface area contributed by atoms with E-state index in [9.17, 15) is 5.21 Å². The van der Waals surface area contributed by atoms with Crippen LogP contribution in [0.3, 0.4) is 0 Å². The van der Waals surface area contributed by atoms with Gasteiger partial charge in [-0.1, -0.05) is 18.2 Å². The Kier molecular flexibility index (Phi) is 1.59. The maximum absolute atomic E-state index is 11.2. The number of fused-ring (bicyclic) bond motifs is 3. The summed E-state index contributed by atoms with van der Waals surface area (Å²) in [6.07, 6.45) is 4.80. The van der Waals surface area contributed by atoms with Gasteiger partial charge >= 0.3 is 0 Å². The van der Waals surface area contributed by atoms with Gasteiger partial charge in [-0.05, 0) is 11.5 Å². The summed E-state index contributed by atoms with van der Waals surface area (Å²) in [4.78, 5) is 4.30. The summed E-state index contributed by atoms with van der Waals surface area (Å²) in [6.45, 7) is 0. The van der Waals surface area contributed by atoms with Crippen molar-refractivity contribution in [1.82, 2.24) is 4.98 Å². The Balaban J connectivity index is 2.57. The molecular formula is C12H8N2O. The third-order valence-corrected chi connectivity index (χ3v) is 2.50. The average molecular weight is 196 g/mol. The quantitative estimate of drug-likeness (QED) is 0.313. The highest BCUT2D eigenvalue weighted by atomic mass is 16.5. The molecule has 0 fully saturated rings. The molecule has 0 amide bonds. The van der Waals surface area contributed by atoms with Gasteiger partial charge in [0.05, 0.1) is 10.9 Å². The number of pyridine rings is 2. The minimum Gasteiger partial charge on any atom is -0.619 e. The Morgan fingerprint density at radius 1 is 1.07 bits per heavy atom. The van der Waals surface area contributed by atoms with Crippen LogP contribution in [0.2, 0.25) is 0 Å². The van der Waals surface area contributed by atoms with Crippen LogP contribution in [0.4, 0.5) is 0 Å². The summed E-state index contributed by atoms with van der Waals surface area (Å²) in [5.41, 5.74) is 0.875. The van der Waals surface area contributed by atoms with Crippen LogP contribution in [-0.2, 0) is 0 Å². The molecule has 0 atom stereocenters. The SMILES string of the molecule is [O-][n+]1ccc2ccc3cccnc3c2c1. The number of hydrogen-bond acceptors (Lipinski definition) is 2. The van der Waals surface area contributed by atoms with Gasteiger partial charge in [0.15, 0.2) is 12.4 Å². The molecule has 0 radical (unpaired) electrons. The summed E-state index contributed by atoms with van der Waals surface area (Å²) in [5, 5.41) is 14.2. The molecule has 0 aliphatic rings. The van der Waals surface area contributed by atoms with E-state index >= 15 is 0 Å². The van der Waals surface area contributed by atoms with Gasteiger partial charge in [-0.3, -0.25) is 4.98 Å². The molecule has 0 saturated carbocycles. The molecule has 3 aromatic rings. The monoisotopic (exact) mass is 196 g/mol. The summed E-state index contributed by atoms with van der Waals surface area (Å²) in [7, 11) is 0. The van der Waals surface area contributed by atoms with E-state index in [0.717, 1.165) is 26.4 Å². The normalized spacial score (nSPS) is 10.9. The van der Waals surface area contributed by atoms with Crippen molar-refractivity contribution in [3.05, 3.63) is 54.1 Å². The number of hydrogen-bond donors (Lipinski definition) is 0. The minimum atomic E-state index is 0.802. The van der Waals surface area contributed by atoms with Gasteiger partial charge in [-0.2, -0.15) is 4.73 Å². The topological polar surface area (TPSA) is 39.8 Å². The largest absolute Gasteiger partial charge is 0.619 e. The van der Waals surface area contributed by atoms with Crippen molar-refractivity contribution in [3.63, 3.8) is 0 Å². The summed E-state index contributed by atoms with van der Waals surface area (Å²) in [5.74, 6) is 0. The molecule has 0 unspecified atom stereocenters. The fraction of sp³-hybridized carbons (Fsp3) is 0. The van der Waals surface area contributed by atoms with Crippen LogP contribution >= 0.6 is 0 Å². The fourth-order valence-electron chi connectivity index (χ4n) is 1.79. The molecule has 0 N–H and O–H groups in total. The zero-order chi connectivity index (χ0) is 10.3. The van der Waals surface area contributed by atoms with E-state index in [1.165, 1.54) is 6.20 Å². The Hall–Kier alpha value is -2.16. The van der Waals surface area contributed by atoms with Gasteiger partial charge in [-0.15, -0.1) is 0 Å². The second-order valence-corrected chi connectivity index (χ2v) is 3.45. The molecule has 15 heavy (non-hydrogen) atoms. The van der Waals surface area contributed by atoms with E-state index < -0.39 is 0 Å². The van der Waals surface area contributed by atoms with Crippen LogP contribution in [0.25, 0.3) is 21.7 Å². The molecule has 72 valence electrons. The van der Waals surface area contributed by atoms with Gasteiger partial charge in [0, 0.05) is 17.6 Å². The summed E-state index contributed by atoms with van der Waals surface area (Å²) < 4.78 is 0.802. The van der Waals surface area contributed by atoms with Crippen LogP contribution in [0, 0.1) is 5.21 Å². The lowest BCUT2D eigenvalue weighted by molar-refractivity contribution is -0.603. The van der Waals surface area contributed by atoms with Crippen molar-refractivity contribution < 1.29 is 4.73 Å². The second-order valence-electron chi connectivity index (χ2n) is 3.45. The van der Waals surface area contributed by atoms with Crippen LogP contribution in [0.5, 0.6) is 0 Å². The molecule has 0 bridgehead atoms. The van der Waals surface area contributed by atoms with E-state index in [4.69, 9.17) is 0 Å². The van der Waals surface area contributed by atoms with Crippen molar-refractivity contribution in [1.29, 1.82) is 0 Å². The third-order valence-electron chi connectivity index (χ3n) is 2.50. The van der Waals surface area contributed by atoms with Crippen LogP contribution in [-0.4, -0.2) is 4.98 Å². The van der Waals surface area contributed by atoms with E-state index in [0.29, 0.717) is 0 Å². The smallest absolute Gasteiger partial charge is 0.190 e. The van der Waals surface area contributed by atoms with Gasteiger partial charge in [-0.25, -0.2) is 0 Å². The Bertz CT molecular complexity index is 649. The molecule has 1 aromatic carbocycles. The summed E-state index contributed by atoms with van der Waals surface area (Å²) >= 11 is 0. The van der Waals surface area contributed by atoms with Crippen molar-refractivity contribution in [2.75, 3.05) is 0 Å². The Morgan fingerprint density at radius 3 is 2.87 bits per heavy atom. The number of aromatic nitrogens is 2. The van der Waals surface area contributed by atoms with Gasteiger partial charge in [0.2, 0.25) is 0 Å². The van der Waals surface area contributed by atoms with Gasteiger partial charge < -0.3 is 5.21 Å². The molecule has 2 aromatic heterocycles. The van der Waals surface area contributed by atoms with E-state index in [-0.39, 0.29) is 0 Å². The Morgan fingerprint density at radius 2 is 1.93 bits per heavy atom. The first-order chi connectivity index (χ1) is 7.34. The number of nitrogens with zero attached hydrogens (tertiary/aromatic N) is 2. The van der Waals surface area contributed by atoms with Crippen molar-refractivity contribution in [3.8, 4) is 0 Å². The zero-order valence-electron chi connectivity index (χ0n) is 7.92. The lowest BCUT2D eigenvalue weighted by Gasteiger charge is -2.02. The average Bonchev–Trinajstić information content (AvgIpc) is 2.29. The maximum Gasteiger partial charge on any atom is 0.190 e. The third kappa shape index (κ3) is 1.21.